The molecule has 0 saturated heterocycles. The van der Waals surface area contributed by atoms with Gasteiger partial charge in [0.15, 0.2) is 0 Å². The van der Waals surface area contributed by atoms with E-state index in [9.17, 15) is 5.11 Å². The molecule has 3 rings (SSSR count). The highest BCUT2D eigenvalue weighted by Crippen LogP contribution is 2.30. The topological polar surface area (TPSA) is 53.8 Å². The van der Waals surface area contributed by atoms with Crippen molar-refractivity contribution in [2.24, 2.45) is 5.10 Å². The van der Waals surface area contributed by atoms with Gasteiger partial charge in [0.25, 0.3) is 0 Å². The fourth-order valence-electron chi connectivity index (χ4n) is 2.37. The fourth-order valence-corrected chi connectivity index (χ4v) is 2.37. The van der Waals surface area contributed by atoms with Crippen LogP contribution in [0.3, 0.4) is 0 Å². The lowest BCUT2D eigenvalue weighted by molar-refractivity contribution is 0.415. The van der Waals surface area contributed by atoms with Crippen molar-refractivity contribution in [2.45, 2.75) is 12.5 Å². The highest BCUT2D eigenvalue weighted by atomic mass is 16.5. The maximum absolute atomic E-state index is 9.89. The van der Waals surface area contributed by atoms with Crippen molar-refractivity contribution >= 4 is 5.71 Å². The Hall–Kier alpha value is -2.49. The Morgan fingerprint density at radius 1 is 1.15 bits per heavy atom. The molecule has 0 fully saturated rings. The van der Waals surface area contributed by atoms with Crippen LogP contribution in [0.15, 0.2) is 53.6 Å². The van der Waals surface area contributed by atoms with E-state index in [1.807, 2.05) is 42.5 Å². The average molecular weight is 268 g/mol. The second kappa shape index (κ2) is 5.25. The third-order valence-corrected chi connectivity index (χ3v) is 3.49. The second-order valence-corrected chi connectivity index (χ2v) is 4.73. The number of methoxy groups -OCH3 is 1. The molecule has 20 heavy (non-hydrogen) atoms. The minimum Gasteiger partial charge on any atom is -0.508 e. The number of hydrazone groups is 1. The van der Waals surface area contributed by atoms with Gasteiger partial charge in [0.05, 0.1) is 18.9 Å². The van der Waals surface area contributed by atoms with Crippen molar-refractivity contribution in [3.05, 3.63) is 59.7 Å². The van der Waals surface area contributed by atoms with E-state index in [4.69, 9.17) is 4.74 Å². The van der Waals surface area contributed by atoms with E-state index in [0.29, 0.717) is 5.75 Å². The number of aromatic hydroxyl groups is 1. The van der Waals surface area contributed by atoms with Crippen LogP contribution in [-0.4, -0.2) is 17.9 Å². The molecule has 0 unspecified atom stereocenters. The quantitative estimate of drug-likeness (QED) is 0.900. The molecule has 102 valence electrons. The number of nitrogens with zero attached hydrogens (tertiary/aromatic N) is 1. The van der Waals surface area contributed by atoms with Crippen molar-refractivity contribution in [3.8, 4) is 11.5 Å². The van der Waals surface area contributed by atoms with E-state index in [-0.39, 0.29) is 6.04 Å². The maximum Gasteiger partial charge on any atom is 0.120 e. The monoisotopic (exact) mass is 268 g/mol. The molecule has 0 amide bonds. The Balaban J connectivity index is 1.77. The first kappa shape index (κ1) is 12.5. The summed E-state index contributed by atoms with van der Waals surface area (Å²) in [5.74, 6) is 1.13. The lowest BCUT2D eigenvalue weighted by atomic mass is 9.98. The molecule has 0 saturated carbocycles. The summed E-state index contributed by atoms with van der Waals surface area (Å²) in [6, 6.07) is 15.2. The molecule has 4 heteroatoms. The number of hydrogen-bond donors (Lipinski definition) is 2. The highest BCUT2D eigenvalue weighted by molar-refractivity contribution is 6.01. The molecule has 2 aromatic rings. The molecule has 0 aliphatic carbocycles. The second-order valence-electron chi connectivity index (χ2n) is 4.73. The summed E-state index contributed by atoms with van der Waals surface area (Å²) in [4.78, 5) is 0. The smallest absolute Gasteiger partial charge is 0.120 e. The molecule has 2 aromatic carbocycles. The van der Waals surface area contributed by atoms with Gasteiger partial charge in [-0.2, -0.15) is 5.10 Å². The van der Waals surface area contributed by atoms with Gasteiger partial charge in [-0.3, -0.25) is 0 Å². The highest BCUT2D eigenvalue weighted by Gasteiger charge is 2.23. The molecule has 0 radical (unpaired) electrons. The molecule has 0 spiro atoms. The Morgan fingerprint density at radius 3 is 2.60 bits per heavy atom. The summed E-state index contributed by atoms with van der Waals surface area (Å²) in [7, 11) is 1.65. The number of para-hydroxylation sites is 1. The molecule has 1 atom stereocenters. The number of benzene rings is 2. The zero-order valence-electron chi connectivity index (χ0n) is 11.2. The first-order chi connectivity index (χ1) is 9.78. The SMILES string of the molecule is COc1ccc(C2=NN[C@H](c3ccccc3O)C2)cc1. The van der Waals surface area contributed by atoms with E-state index in [2.05, 4.69) is 10.5 Å². The zero-order valence-corrected chi connectivity index (χ0v) is 11.2. The molecule has 0 bridgehead atoms. The van der Waals surface area contributed by atoms with Crippen LogP contribution in [0.4, 0.5) is 0 Å². The fraction of sp³-hybridized carbons (Fsp3) is 0.188. The van der Waals surface area contributed by atoms with Crippen LogP contribution < -0.4 is 10.2 Å². The van der Waals surface area contributed by atoms with Crippen molar-refractivity contribution in [1.29, 1.82) is 0 Å². The van der Waals surface area contributed by atoms with Crippen LogP contribution >= 0.6 is 0 Å². The van der Waals surface area contributed by atoms with Gasteiger partial charge in [0.2, 0.25) is 0 Å². The standard InChI is InChI=1S/C16H16N2O2/c1-20-12-8-6-11(7-9-12)14-10-15(18-17-14)13-4-2-3-5-16(13)19/h2-9,15,18-19H,10H2,1H3/t15-/m0/s1. The van der Waals surface area contributed by atoms with Crippen molar-refractivity contribution in [3.63, 3.8) is 0 Å². The van der Waals surface area contributed by atoms with E-state index >= 15 is 0 Å². The van der Waals surface area contributed by atoms with Crippen LogP contribution in [0.25, 0.3) is 0 Å². The Morgan fingerprint density at radius 2 is 1.90 bits per heavy atom. The maximum atomic E-state index is 9.89. The van der Waals surface area contributed by atoms with Crippen LogP contribution in [0.1, 0.15) is 23.6 Å². The minimum absolute atomic E-state index is 0.0216. The van der Waals surface area contributed by atoms with E-state index in [1.165, 1.54) is 0 Å². The number of phenols is 1. The first-order valence-corrected chi connectivity index (χ1v) is 6.52. The van der Waals surface area contributed by atoms with Crippen molar-refractivity contribution in [2.75, 3.05) is 7.11 Å². The predicted octanol–water partition coefficient (Wildman–Crippen LogP) is 2.84. The Kier molecular flexibility index (Phi) is 3.29. The van der Waals surface area contributed by atoms with E-state index in [0.717, 1.165) is 29.0 Å². The van der Waals surface area contributed by atoms with E-state index in [1.54, 1.807) is 13.2 Å². The number of rotatable bonds is 3. The normalized spacial score (nSPS) is 17.4. The molecule has 1 heterocycles. The summed E-state index contributed by atoms with van der Waals surface area (Å²) in [6.45, 7) is 0. The van der Waals surface area contributed by atoms with Crippen LogP contribution in [-0.2, 0) is 0 Å². The van der Waals surface area contributed by atoms with Gasteiger partial charge in [-0.15, -0.1) is 0 Å². The van der Waals surface area contributed by atoms with Crippen LogP contribution in [0.2, 0.25) is 0 Å². The zero-order chi connectivity index (χ0) is 13.9. The summed E-state index contributed by atoms with van der Waals surface area (Å²) < 4.78 is 5.15. The van der Waals surface area contributed by atoms with Gasteiger partial charge in [0, 0.05) is 12.0 Å². The minimum atomic E-state index is 0.0216. The van der Waals surface area contributed by atoms with Gasteiger partial charge in [-0.1, -0.05) is 18.2 Å². The Labute approximate surface area is 117 Å². The van der Waals surface area contributed by atoms with Gasteiger partial charge in [-0.05, 0) is 35.9 Å². The van der Waals surface area contributed by atoms with Crippen molar-refractivity contribution < 1.29 is 9.84 Å². The summed E-state index contributed by atoms with van der Waals surface area (Å²) in [5.41, 5.74) is 6.02. The van der Waals surface area contributed by atoms with Gasteiger partial charge < -0.3 is 15.3 Å². The molecule has 1 aliphatic heterocycles. The number of ether oxygens (including phenoxy) is 1. The molecule has 2 N–H and O–H groups in total. The predicted molar refractivity (Wildman–Crippen MR) is 78.1 cm³/mol. The molecular weight excluding hydrogens is 252 g/mol. The lowest BCUT2D eigenvalue weighted by Crippen LogP contribution is -2.10. The van der Waals surface area contributed by atoms with Gasteiger partial charge >= 0.3 is 0 Å². The Bertz CT molecular complexity index is 635. The number of phenolic OH excluding ortho intramolecular Hbond substituents is 1. The first-order valence-electron chi connectivity index (χ1n) is 6.52. The number of hydrogen-bond acceptors (Lipinski definition) is 4. The van der Waals surface area contributed by atoms with Crippen LogP contribution in [0.5, 0.6) is 11.5 Å². The molecule has 1 aliphatic rings. The summed E-state index contributed by atoms with van der Waals surface area (Å²) in [5, 5.41) is 14.3. The van der Waals surface area contributed by atoms with Gasteiger partial charge in [0.1, 0.15) is 11.5 Å². The lowest BCUT2D eigenvalue weighted by Gasteiger charge is -2.11. The van der Waals surface area contributed by atoms with Crippen molar-refractivity contribution in [1.82, 2.24) is 5.43 Å². The molecule has 0 aromatic heterocycles. The summed E-state index contributed by atoms with van der Waals surface area (Å²) in [6.07, 6.45) is 0.754. The summed E-state index contributed by atoms with van der Waals surface area (Å²) >= 11 is 0. The molecule has 4 nitrogen and oxygen atoms in total. The largest absolute Gasteiger partial charge is 0.508 e. The number of nitrogens with one attached hydrogen (secondary N) is 1. The third-order valence-electron chi connectivity index (χ3n) is 3.49. The van der Waals surface area contributed by atoms with E-state index < -0.39 is 0 Å². The van der Waals surface area contributed by atoms with Crippen LogP contribution in [0, 0.1) is 0 Å². The molecular formula is C16H16N2O2. The third kappa shape index (κ3) is 2.32. The van der Waals surface area contributed by atoms with Gasteiger partial charge in [-0.25, -0.2) is 0 Å². The average Bonchev–Trinajstić information content (AvgIpc) is 2.97.